The van der Waals surface area contributed by atoms with E-state index in [1.807, 2.05) is 18.2 Å². The molecule has 10 nitrogen and oxygen atoms in total. The van der Waals surface area contributed by atoms with E-state index >= 15 is 0 Å². The highest BCUT2D eigenvalue weighted by atomic mass is 32.1. The minimum absolute atomic E-state index is 0.128. The quantitative estimate of drug-likeness (QED) is 0.320. The maximum absolute atomic E-state index is 13.6. The second-order valence-electron chi connectivity index (χ2n) is 11.2. The van der Waals surface area contributed by atoms with Gasteiger partial charge in [0.25, 0.3) is 0 Å². The molecule has 14 heteroatoms. The van der Waals surface area contributed by atoms with Crippen LogP contribution in [0.2, 0.25) is 0 Å². The number of rotatable bonds is 4. The molecule has 2 saturated heterocycles. The van der Waals surface area contributed by atoms with E-state index in [0.717, 1.165) is 65.1 Å². The number of fused-ring (bicyclic) bond motifs is 5. The number of aryl methyl sites for hydroxylation is 1. The lowest BCUT2D eigenvalue weighted by Crippen LogP contribution is -2.44. The van der Waals surface area contributed by atoms with Gasteiger partial charge in [0.1, 0.15) is 5.82 Å². The van der Waals surface area contributed by atoms with Crippen molar-refractivity contribution in [2.45, 2.75) is 38.0 Å². The summed E-state index contributed by atoms with van der Waals surface area (Å²) >= 11 is 1.70. The lowest BCUT2D eigenvalue weighted by molar-refractivity contribution is -0.149. The Morgan fingerprint density at radius 1 is 1.07 bits per heavy atom. The van der Waals surface area contributed by atoms with Gasteiger partial charge in [0, 0.05) is 61.0 Å². The smallest absolute Gasteiger partial charge is 0.378 e. The molecule has 8 rings (SSSR count). The number of nitrogens with one attached hydrogen (secondary N) is 1. The van der Waals surface area contributed by atoms with Gasteiger partial charge in [-0.2, -0.15) is 18.3 Å². The molecule has 5 aromatic rings. The van der Waals surface area contributed by atoms with Gasteiger partial charge >= 0.3 is 6.18 Å². The van der Waals surface area contributed by atoms with Crippen molar-refractivity contribution < 1.29 is 17.9 Å². The Hall–Kier alpha value is -3.62. The highest BCUT2D eigenvalue weighted by Gasteiger charge is 2.44. The number of morpholine rings is 1. The number of hydrogen-bond donors (Lipinski definition) is 1. The maximum Gasteiger partial charge on any atom is 0.451 e. The van der Waals surface area contributed by atoms with E-state index in [1.165, 1.54) is 9.44 Å². The average Bonchev–Trinajstić information content (AvgIpc) is 3.74. The Labute approximate surface area is 242 Å². The van der Waals surface area contributed by atoms with Gasteiger partial charge in [0.05, 0.1) is 35.1 Å². The number of aromatic amines is 1. The number of hydrogen-bond acceptors (Lipinski definition) is 9. The number of likely N-dealkylation sites (tertiary alicyclic amines) is 1. The largest absolute Gasteiger partial charge is 0.451 e. The minimum Gasteiger partial charge on any atom is -0.378 e. The molecule has 0 radical (unpaired) electrons. The summed E-state index contributed by atoms with van der Waals surface area (Å²) in [6.45, 7) is 4.99. The third kappa shape index (κ3) is 4.43. The van der Waals surface area contributed by atoms with E-state index in [4.69, 9.17) is 14.7 Å². The van der Waals surface area contributed by atoms with Gasteiger partial charge in [-0.25, -0.2) is 9.97 Å². The predicted molar refractivity (Wildman–Crippen MR) is 151 cm³/mol. The number of alkyl halides is 3. The number of ether oxygens (including phenoxy) is 1. The van der Waals surface area contributed by atoms with Crippen LogP contribution < -0.4 is 4.90 Å². The third-order valence-electron chi connectivity index (χ3n) is 8.69. The highest BCUT2D eigenvalue weighted by Crippen LogP contribution is 2.42. The molecule has 2 atom stereocenters. The number of piperidine rings is 1. The van der Waals surface area contributed by atoms with E-state index < -0.39 is 12.0 Å². The van der Waals surface area contributed by atoms with Gasteiger partial charge in [0.15, 0.2) is 11.6 Å². The summed E-state index contributed by atoms with van der Waals surface area (Å²) in [6.07, 6.45) is -0.713. The normalized spacial score (nSPS) is 21.6. The van der Waals surface area contributed by atoms with Crippen LogP contribution >= 0.6 is 11.3 Å². The van der Waals surface area contributed by atoms with Crippen LogP contribution in [0.1, 0.15) is 35.4 Å². The molecule has 0 unspecified atom stereocenters. The maximum atomic E-state index is 13.6. The molecule has 4 aromatic heterocycles. The minimum atomic E-state index is -4.50. The van der Waals surface area contributed by atoms with Crippen LogP contribution in [0.25, 0.3) is 32.5 Å². The van der Waals surface area contributed by atoms with E-state index in [2.05, 4.69) is 36.3 Å². The number of anilines is 1. The number of nitrogens with zero attached hydrogens (tertiary/aromatic N) is 8. The van der Waals surface area contributed by atoms with E-state index in [9.17, 15) is 13.2 Å². The molecule has 0 amide bonds. The molecule has 42 heavy (non-hydrogen) atoms. The molecule has 3 aliphatic heterocycles. The first-order valence-electron chi connectivity index (χ1n) is 14.2. The summed E-state index contributed by atoms with van der Waals surface area (Å²) < 4.78 is 49.0. The van der Waals surface area contributed by atoms with Gasteiger partial charge in [-0.1, -0.05) is 12.1 Å². The molecular formula is C28H28F3N9OS. The van der Waals surface area contributed by atoms with Gasteiger partial charge in [0.2, 0.25) is 5.82 Å². The lowest BCUT2D eigenvalue weighted by atomic mass is 9.85. The summed E-state index contributed by atoms with van der Waals surface area (Å²) in [5, 5.41) is 15.6. The predicted octanol–water partition coefficient (Wildman–Crippen LogP) is 4.69. The summed E-state index contributed by atoms with van der Waals surface area (Å²) in [5.74, 6) is 1.30. The zero-order valence-corrected chi connectivity index (χ0v) is 23.5. The number of thiophene rings is 1. The third-order valence-corrected chi connectivity index (χ3v) is 9.79. The first-order chi connectivity index (χ1) is 20.4. The fourth-order valence-electron chi connectivity index (χ4n) is 6.75. The van der Waals surface area contributed by atoms with Crippen molar-refractivity contribution in [1.82, 2.24) is 39.8 Å². The number of aromatic nitrogens is 7. The Kier molecular flexibility index (Phi) is 6.19. The zero-order valence-electron chi connectivity index (χ0n) is 22.6. The highest BCUT2D eigenvalue weighted by molar-refractivity contribution is 7.19. The summed E-state index contributed by atoms with van der Waals surface area (Å²) in [5.41, 5.74) is 2.76. The number of H-pyrrole nitrogens is 1. The van der Waals surface area contributed by atoms with Gasteiger partial charge in [-0.05, 0) is 30.9 Å². The molecule has 0 spiro atoms. The second-order valence-corrected chi connectivity index (χ2v) is 12.4. The molecule has 218 valence electrons. The first kappa shape index (κ1) is 26.0. The topological polar surface area (TPSA) is 101 Å². The number of benzene rings is 1. The van der Waals surface area contributed by atoms with Gasteiger partial charge < -0.3 is 14.2 Å². The molecular weight excluding hydrogens is 567 g/mol. The van der Waals surface area contributed by atoms with Crippen molar-refractivity contribution in [2.75, 3.05) is 44.3 Å². The molecule has 7 heterocycles. The van der Waals surface area contributed by atoms with Gasteiger partial charge in [-0.15, -0.1) is 21.5 Å². The standard InChI is InChI=1S/C28H28F3N9OS/c29-28(30,31)27-37-36-23-5-4-16-14-38(7-6-22(16)40(23)27)15-17-12-21-24(42-17)26(39-8-10-41-11-9-39)34-25(33-21)18-2-1-3-20-19(18)13-32-35-20/h1-3,12-13,16,22H,4-11,14-15H2,(H,32,35)/t16-,22-/m0/s1. The monoisotopic (exact) mass is 595 g/mol. The van der Waals surface area contributed by atoms with Crippen LogP contribution in [0.4, 0.5) is 19.0 Å². The molecule has 1 N–H and O–H groups in total. The average molecular weight is 596 g/mol. The SMILES string of the molecule is FC(F)(F)c1nnc2n1[C@H]1CCN(Cc3cc4nc(-c5cccc6[nH]ncc56)nc(N5CCOCC5)c4s3)C[C@@H]1CC2. The van der Waals surface area contributed by atoms with Crippen molar-refractivity contribution in [3.05, 3.63) is 47.0 Å². The van der Waals surface area contributed by atoms with Crippen LogP contribution in [-0.4, -0.2) is 79.2 Å². The molecule has 0 bridgehead atoms. The zero-order chi connectivity index (χ0) is 28.4. The van der Waals surface area contributed by atoms with E-state index in [1.54, 1.807) is 17.5 Å². The molecule has 0 saturated carbocycles. The fourth-order valence-corrected chi connectivity index (χ4v) is 7.90. The fraction of sp³-hybridized carbons (Fsp3) is 0.464. The van der Waals surface area contributed by atoms with Crippen molar-refractivity contribution in [2.24, 2.45) is 5.92 Å². The molecule has 1 aromatic carbocycles. The summed E-state index contributed by atoms with van der Waals surface area (Å²) in [4.78, 5) is 15.9. The van der Waals surface area contributed by atoms with E-state index in [-0.39, 0.29) is 12.0 Å². The summed E-state index contributed by atoms with van der Waals surface area (Å²) in [6, 6.07) is 7.92. The Balaban J connectivity index is 1.10. The Bertz CT molecular complexity index is 1770. The van der Waals surface area contributed by atoms with Crippen LogP contribution in [0.15, 0.2) is 30.5 Å². The Morgan fingerprint density at radius 3 is 2.81 bits per heavy atom. The van der Waals surface area contributed by atoms with E-state index in [0.29, 0.717) is 44.2 Å². The van der Waals surface area contributed by atoms with Gasteiger partial charge in [-0.3, -0.25) is 10.00 Å². The molecule has 0 aliphatic carbocycles. The van der Waals surface area contributed by atoms with Crippen LogP contribution in [0.5, 0.6) is 0 Å². The lowest BCUT2D eigenvalue weighted by Gasteiger charge is -2.42. The van der Waals surface area contributed by atoms with Crippen molar-refractivity contribution >= 4 is 38.3 Å². The second kappa shape index (κ2) is 9.99. The number of halogens is 3. The van der Waals surface area contributed by atoms with Crippen molar-refractivity contribution in [3.8, 4) is 11.4 Å². The van der Waals surface area contributed by atoms with Crippen LogP contribution in [-0.2, 0) is 23.9 Å². The molecule has 3 aliphatic rings. The van der Waals surface area contributed by atoms with Crippen molar-refractivity contribution in [1.29, 1.82) is 0 Å². The van der Waals surface area contributed by atoms with Crippen molar-refractivity contribution in [3.63, 3.8) is 0 Å². The Morgan fingerprint density at radius 2 is 1.95 bits per heavy atom. The van der Waals surface area contributed by atoms with Crippen LogP contribution in [0, 0.1) is 5.92 Å². The first-order valence-corrected chi connectivity index (χ1v) is 15.0. The summed E-state index contributed by atoms with van der Waals surface area (Å²) in [7, 11) is 0. The molecule has 2 fully saturated rings. The van der Waals surface area contributed by atoms with Crippen LogP contribution in [0.3, 0.4) is 0 Å².